The van der Waals surface area contributed by atoms with E-state index in [9.17, 15) is 4.79 Å². The highest BCUT2D eigenvalue weighted by molar-refractivity contribution is 5.73. The van der Waals surface area contributed by atoms with Crippen molar-refractivity contribution in [2.24, 2.45) is 0 Å². The summed E-state index contributed by atoms with van der Waals surface area (Å²) in [4.78, 5) is 10.8. The summed E-state index contributed by atoms with van der Waals surface area (Å²) in [6.07, 6.45) is 3.71. The molecule has 0 aromatic heterocycles. The van der Waals surface area contributed by atoms with Gasteiger partial charge in [0.1, 0.15) is 0 Å². The average molecular weight is 185 g/mol. The van der Waals surface area contributed by atoms with E-state index < -0.39 is 0 Å². The smallest absolute Gasteiger partial charge is 0.217 e. The second-order valence-electron chi connectivity index (χ2n) is 3.76. The summed E-state index contributed by atoms with van der Waals surface area (Å²) >= 11 is 0. The molecule has 0 spiro atoms. The molecular weight excluding hydrogens is 166 g/mol. The molecule has 1 rings (SSSR count). The van der Waals surface area contributed by atoms with Gasteiger partial charge in [-0.2, -0.15) is 0 Å². The zero-order chi connectivity index (χ0) is 9.84. The van der Waals surface area contributed by atoms with E-state index in [1.165, 1.54) is 0 Å². The SMILES string of the molecule is CCC1CCC(NC(C)=O)[C@H](C)O1. The number of nitrogens with one attached hydrogen (secondary N) is 1. The van der Waals surface area contributed by atoms with Crippen LogP contribution in [0.3, 0.4) is 0 Å². The van der Waals surface area contributed by atoms with Crippen LogP contribution >= 0.6 is 0 Å². The van der Waals surface area contributed by atoms with E-state index >= 15 is 0 Å². The largest absolute Gasteiger partial charge is 0.373 e. The fourth-order valence-electron chi connectivity index (χ4n) is 1.82. The van der Waals surface area contributed by atoms with Crippen LogP contribution in [0.4, 0.5) is 0 Å². The molecule has 1 aliphatic rings. The number of ether oxygens (including phenoxy) is 1. The lowest BCUT2D eigenvalue weighted by molar-refractivity contribution is -0.123. The lowest BCUT2D eigenvalue weighted by atomic mass is 9.98. The Bertz CT molecular complexity index is 182. The second-order valence-corrected chi connectivity index (χ2v) is 3.76. The van der Waals surface area contributed by atoms with Crippen LogP contribution in [0.15, 0.2) is 0 Å². The molecule has 3 atom stereocenters. The first-order valence-electron chi connectivity index (χ1n) is 5.06. The van der Waals surface area contributed by atoms with Crippen LogP contribution in [0.2, 0.25) is 0 Å². The molecule has 1 amide bonds. The van der Waals surface area contributed by atoms with Crippen molar-refractivity contribution >= 4 is 5.91 Å². The number of carbonyl (C=O) groups is 1. The maximum Gasteiger partial charge on any atom is 0.217 e. The van der Waals surface area contributed by atoms with Gasteiger partial charge >= 0.3 is 0 Å². The van der Waals surface area contributed by atoms with E-state index in [-0.39, 0.29) is 18.1 Å². The monoisotopic (exact) mass is 185 g/mol. The molecule has 76 valence electrons. The van der Waals surface area contributed by atoms with Crippen LogP contribution in [-0.2, 0) is 9.53 Å². The quantitative estimate of drug-likeness (QED) is 0.707. The minimum absolute atomic E-state index is 0.0374. The number of amides is 1. The summed E-state index contributed by atoms with van der Waals surface area (Å²) in [6, 6.07) is 0.209. The lowest BCUT2D eigenvalue weighted by Gasteiger charge is -2.34. The van der Waals surface area contributed by atoms with E-state index in [4.69, 9.17) is 4.74 Å². The number of carbonyl (C=O) groups excluding carboxylic acids is 1. The second kappa shape index (κ2) is 4.61. The van der Waals surface area contributed by atoms with Gasteiger partial charge in [-0.25, -0.2) is 0 Å². The Kier molecular flexibility index (Phi) is 3.72. The van der Waals surface area contributed by atoms with Gasteiger partial charge < -0.3 is 10.1 Å². The van der Waals surface area contributed by atoms with Crippen molar-refractivity contribution in [1.29, 1.82) is 0 Å². The van der Waals surface area contributed by atoms with E-state index in [1.54, 1.807) is 6.92 Å². The molecule has 2 unspecified atom stereocenters. The van der Waals surface area contributed by atoms with E-state index in [1.807, 2.05) is 6.92 Å². The van der Waals surface area contributed by atoms with E-state index in [0.29, 0.717) is 6.10 Å². The molecule has 3 heteroatoms. The zero-order valence-corrected chi connectivity index (χ0v) is 8.67. The van der Waals surface area contributed by atoms with Gasteiger partial charge in [-0.05, 0) is 26.2 Å². The van der Waals surface area contributed by atoms with Gasteiger partial charge in [-0.3, -0.25) is 4.79 Å². The summed E-state index contributed by atoms with van der Waals surface area (Å²) in [7, 11) is 0. The van der Waals surface area contributed by atoms with Crippen molar-refractivity contribution in [2.45, 2.75) is 58.3 Å². The highest BCUT2D eigenvalue weighted by atomic mass is 16.5. The van der Waals surface area contributed by atoms with Crippen molar-refractivity contribution in [2.75, 3.05) is 0 Å². The van der Waals surface area contributed by atoms with Crippen molar-refractivity contribution < 1.29 is 9.53 Å². The molecule has 0 aromatic rings. The topological polar surface area (TPSA) is 38.3 Å². The molecule has 1 saturated heterocycles. The van der Waals surface area contributed by atoms with Gasteiger partial charge in [-0.1, -0.05) is 6.92 Å². The molecule has 1 fully saturated rings. The predicted molar refractivity (Wildman–Crippen MR) is 51.5 cm³/mol. The van der Waals surface area contributed by atoms with Crippen LogP contribution in [0.25, 0.3) is 0 Å². The van der Waals surface area contributed by atoms with Crippen molar-refractivity contribution in [3.63, 3.8) is 0 Å². The molecule has 13 heavy (non-hydrogen) atoms. The van der Waals surface area contributed by atoms with Crippen LogP contribution < -0.4 is 5.32 Å². The first-order chi connectivity index (χ1) is 6.13. The lowest BCUT2D eigenvalue weighted by Crippen LogP contribution is -2.47. The van der Waals surface area contributed by atoms with Gasteiger partial charge in [0, 0.05) is 6.92 Å². The van der Waals surface area contributed by atoms with E-state index in [0.717, 1.165) is 19.3 Å². The van der Waals surface area contributed by atoms with Gasteiger partial charge in [0.25, 0.3) is 0 Å². The third-order valence-corrected chi connectivity index (χ3v) is 2.62. The average Bonchev–Trinajstić information content (AvgIpc) is 2.08. The van der Waals surface area contributed by atoms with Gasteiger partial charge in [0.05, 0.1) is 18.2 Å². The molecule has 3 nitrogen and oxygen atoms in total. The minimum Gasteiger partial charge on any atom is -0.373 e. The molecule has 0 aromatic carbocycles. The Labute approximate surface area is 79.8 Å². The minimum atomic E-state index is 0.0374. The molecular formula is C10H19NO2. The number of hydrogen-bond acceptors (Lipinski definition) is 2. The Hall–Kier alpha value is -0.570. The zero-order valence-electron chi connectivity index (χ0n) is 8.67. The summed E-state index contributed by atoms with van der Waals surface area (Å²) in [5, 5.41) is 2.91. The van der Waals surface area contributed by atoms with Crippen molar-refractivity contribution in [1.82, 2.24) is 5.32 Å². The summed E-state index contributed by atoms with van der Waals surface area (Å²) in [5.74, 6) is 0.0374. The summed E-state index contributed by atoms with van der Waals surface area (Å²) in [6.45, 7) is 5.72. The normalized spacial score (nSPS) is 34.2. The van der Waals surface area contributed by atoms with Gasteiger partial charge in [0.2, 0.25) is 5.91 Å². The predicted octanol–water partition coefficient (Wildman–Crippen LogP) is 1.47. The van der Waals surface area contributed by atoms with Crippen LogP contribution in [0, 0.1) is 0 Å². The van der Waals surface area contributed by atoms with Crippen LogP contribution in [0.5, 0.6) is 0 Å². The van der Waals surface area contributed by atoms with Crippen LogP contribution in [-0.4, -0.2) is 24.2 Å². The van der Waals surface area contributed by atoms with Gasteiger partial charge in [0.15, 0.2) is 0 Å². The fraction of sp³-hybridized carbons (Fsp3) is 0.900. The third kappa shape index (κ3) is 2.99. The maximum absolute atomic E-state index is 10.8. The molecule has 0 radical (unpaired) electrons. The maximum atomic E-state index is 10.8. The Morgan fingerprint density at radius 2 is 2.23 bits per heavy atom. The first-order valence-corrected chi connectivity index (χ1v) is 5.06. The summed E-state index contributed by atoms with van der Waals surface area (Å²) < 4.78 is 5.73. The highest BCUT2D eigenvalue weighted by Gasteiger charge is 2.27. The fourth-order valence-corrected chi connectivity index (χ4v) is 1.82. The summed E-state index contributed by atoms with van der Waals surface area (Å²) in [5.41, 5.74) is 0. The standard InChI is InChI=1S/C10H19NO2/c1-4-9-5-6-10(7(2)13-9)11-8(3)12/h7,9-10H,4-6H2,1-3H3,(H,11,12)/t7-,9?,10?/m0/s1. The van der Waals surface area contributed by atoms with E-state index in [2.05, 4.69) is 12.2 Å². The van der Waals surface area contributed by atoms with Crippen LogP contribution in [0.1, 0.15) is 40.0 Å². The molecule has 1 N–H and O–H groups in total. The number of hydrogen-bond donors (Lipinski definition) is 1. The Morgan fingerprint density at radius 3 is 2.69 bits per heavy atom. The first kappa shape index (κ1) is 10.5. The molecule has 0 aliphatic carbocycles. The Morgan fingerprint density at radius 1 is 1.54 bits per heavy atom. The van der Waals surface area contributed by atoms with Gasteiger partial charge in [-0.15, -0.1) is 0 Å². The third-order valence-electron chi connectivity index (χ3n) is 2.62. The Balaban J connectivity index is 2.39. The molecule has 0 bridgehead atoms. The van der Waals surface area contributed by atoms with Crippen molar-refractivity contribution in [3.05, 3.63) is 0 Å². The number of rotatable bonds is 2. The molecule has 1 heterocycles. The molecule has 1 aliphatic heterocycles. The van der Waals surface area contributed by atoms with Crippen molar-refractivity contribution in [3.8, 4) is 0 Å². The highest BCUT2D eigenvalue weighted by Crippen LogP contribution is 2.21. The molecule has 0 saturated carbocycles.